The van der Waals surface area contributed by atoms with Crippen LogP contribution in [0.4, 0.5) is 0 Å². The fourth-order valence-corrected chi connectivity index (χ4v) is 2.05. The second kappa shape index (κ2) is 5.96. The molecule has 1 aliphatic rings. The SMILES string of the molecule is COc1cc(CN)cc(OC)c1OCC1CCC1. The third-order valence-electron chi connectivity index (χ3n) is 3.44. The zero-order chi connectivity index (χ0) is 13.0. The van der Waals surface area contributed by atoms with Crippen LogP contribution in [-0.2, 0) is 6.54 Å². The van der Waals surface area contributed by atoms with Gasteiger partial charge in [0.2, 0.25) is 5.75 Å². The Morgan fingerprint density at radius 2 is 1.78 bits per heavy atom. The van der Waals surface area contributed by atoms with Crippen LogP contribution in [0.3, 0.4) is 0 Å². The Morgan fingerprint density at radius 3 is 2.17 bits per heavy atom. The van der Waals surface area contributed by atoms with Crippen LogP contribution in [0.25, 0.3) is 0 Å². The van der Waals surface area contributed by atoms with Crippen molar-refractivity contribution in [2.24, 2.45) is 11.7 Å². The lowest BCUT2D eigenvalue weighted by atomic mass is 9.86. The van der Waals surface area contributed by atoms with Gasteiger partial charge in [0.1, 0.15) is 0 Å². The largest absolute Gasteiger partial charge is 0.493 e. The Morgan fingerprint density at radius 1 is 1.17 bits per heavy atom. The molecule has 2 rings (SSSR count). The van der Waals surface area contributed by atoms with Crippen molar-refractivity contribution in [3.05, 3.63) is 17.7 Å². The van der Waals surface area contributed by atoms with Gasteiger partial charge in [0.05, 0.1) is 20.8 Å². The quantitative estimate of drug-likeness (QED) is 0.843. The molecule has 1 aliphatic carbocycles. The predicted octanol–water partition coefficient (Wildman–Crippen LogP) is 2.34. The fraction of sp³-hybridized carbons (Fsp3) is 0.571. The normalized spacial score (nSPS) is 15.1. The molecular weight excluding hydrogens is 230 g/mol. The molecule has 1 aromatic rings. The lowest BCUT2D eigenvalue weighted by molar-refractivity contribution is 0.171. The molecule has 1 fully saturated rings. The monoisotopic (exact) mass is 251 g/mol. The molecule has 0 saturated heterocycles. The Labute approximate surface area is 108 Å². The molecule has 4 heteroatoms. The third kappa shape index (κ3) is 2.70. The molecule has 18 heavy (non-hydrogen) atoms. The van der Waals surface area contributed by atoms with Crippen LogP contribution in [-0.4, -0.2) is 20.8 Å². The van der Waals surface area contributed by atoms with Crippen LogP contribution in [0.1, 0.15) is 24.8 Å². The average Bonchev–Trinajstić information content (AvgIpc) is 2.36. The first-order valence-corrected chi connectivity index (χ1v) is 6.36. The van der Waals surface area contributed by atoms with Crippen LogP contribution in [0.2, 0.25) is 0 Å². The molecule has 0 spiro atoms. The van der Waals surface area contributed by atoms with Crippen molar-refractivity contribution in [2.75, 3.05) is 20.8 Å². The fourth-order valence-electron chi connectivity index (χ4n) is 2.05. The van der Waals surface area contributed by atoms with Crippen LogP contribution in [0.5, 0.6) is 17.2 Å². The van der Waals surface area contributed by atoms with E-state index in [1.54, 1.807) is 14.2 Å². The number of methoxy groups -OCH3 is 2. The number of ether oxygens (including phenoxy) is 3. The van der Waals surface area contributed by atoms with E-state index in [1.165, 1.54) is 19.3 Å². The van der Waals surface area contributed by atoms with Gasteiger partial charge in [0.15, 0.2) is 11.5 Å². The van der Waals surface area contributed by atoms with E-state index < -0.39 is 0 Å². The van der Waals surface area contributed by atoms with E-state index in [4.69, 9.17) is 19.9 Å². The molecule has 0 unspecified atom stereocenters. The highest BCUT2D eigenvalue weighted by atomic mass is 16.5. The molecule has 0 heterocycles. The van der Waals surface area contributed by atoms with Crippen LogP contribution < -0.4 is 19.9 Å². The summed E-state index contributed by atoms with van der Waals surface area (Å²) in [4.78, 5) is 0. The van der Waals surface area contributed by atoms with Crippen molar-refractivity contribution in [3.63, 3.8) is 0 Å². The highest BCUT2D eigenvalue weighted by Crippen LogP contribution is 2.39. The maximum atomic E-state index is 5.86. The second-order valence-corrected chi connectivity index (χ2v) is 4.64. The molecule has 1 aromatic carbocycles. The number of nitrogens with two attached hydrogens (primary N) is 1. The number of hydrogen-bond acceptors (Lipinski definition) is 4. The van der Waals surface area contributed by atoms with E-state index in [-0.39, 0.29) is 0 Å². The standard InChI is InChI=1S/C14H21NO3/c1-16-12-6-11(8-15)7-13(17-2)14(12)18-9-10-4-3-5-10/h6-7,10H,3-5,8-9,15H2,1-2H3. The number of hydrogen-bond donors (Lipinski definition) is 1. The summed E-state index contributed by atoms with van der Waals surface area (Å²) in [5, 5.41) is 0. The summed E-state index contributed by atoms with van der Waals surface area (Å²) in [5.74, 6) is 2.74. The van der Waals surface area contributed by atoms with Gasteiger partial charge in [-0.05, 0) is 36.5 Å². The number of rotatable bonds is 6. The lowest BCUT2D eigenvalue weighted by Crippen LogP contribution is -2.19. The summed E-state index contributed by atoms with van der Waals surface area (Å²) < 4.78 is 16.6. The zero-order valence-electron chi connectivity index (χ0n) is 11.1. The van der Waals surface area contributed by atoms with E-state index in [0.717, 1.165) is 12.2 Å². The first kappa shape index (κ1) is 13.0. The Hall–Kier alpha value is -1.42. The predicted molar refractivity (Wildman–Crippen MR) is 70.3 cm³/mol. The van der Waals surface area contributed by atoms with Gasteiger partial charge in [0, 0.05) is 6.54 Å². The molecule has 0 amide bonds. The molecule has 0 aliphatic heterocycles. The maximum absolute atomic E-state index is 5.86. The molecule has 100 valence electrons. The highest BCUT2D eigenvalue weighted by Gasteiger charge is 2.20. The van der Waals surface area contributed by atoms with Crippen molar-refractivity contribution in [1.82, 2.24) is 0 Å². The smallest absolute Gasteiger partial charge is 0.203 e. The molecule has 0 radical (unpaired) electrons. The van der Waals surface area contributed by atoms with Gasteiger partial charge in [-0.15, -0.1) is 0 Å². The van der Waals surface area contributed by atoms with E-state index in [2.05, 4.69) is 0 Å². The Balaban J connectivity index is 2.18. The minimum atomic E-state index is 0.454. The average molecular weight is 251 g/mol. The summed E-state index contributed by atoms with van der Waals surface area (Å²) in [6.07, 6.45) is 3.82. The molecule has 0 aromatic heterocycles. The van der Waals surface area contributed by atoms with E-state index in [0.29, 0.717) is 29.7 Å². The molecular formula is C14H21NO3. The molecule has 4 nitrogen and oxygen atoms in total. The maximum Gasteiger partial charge on any atom is 0.203 e. The summed E-state index contributed by atoms with van der Waals surface area (Å²) in [7, 11) is 3.26. The summed E-state index contributed by atoms with van der Waals surface area (Å²) in [5.41, 5.74) is 6.62. The molecule has 0 bridgehead atoms. The number of benzene rings is 1. The summed E-state index contributed by atoms with van der Waals surface area (Å²) in [6, 6.07) is 3.80. The van der Waals surface area contributed by atoms with Crippen LogP contribution in [0.15, 0.2) is 12.1 Å². The van der Waals surface area contributed by atoms with Gasteiger partial charge in [-0.3, -0.25) is 0 Å². The van der Waals surface area contributed by atoms with Gasteiger partial charge in [-0.1, -0.05) is 6.42 Å². The van der Waals surface area contributed by atoms with Crippen molar-refractivity contribution >= 4 is 0 Å². The molecule has 1 saturated carbocycles. The van der Waals surface area contributed by atoms with Crippen molar-refractivity contribution in [1.29, 1.82) is 0 Å². The van der Waals surface area contributed by atoms with Crippen molar-refractivity contribution < 1.29 is 14.2 Å². The first-order chi connectivity index (χ1) is 8.78. The minimum absolute atomic E-state index is 0.454. The van der Waals surface area contributed by atoms with Crippen molar-refractivity contribution in [2.45, 2.75) is 25.8 Å². The Bertz CT molecular complexity index is 377. The summed E-state index contributed by atoms with van der Waals surface area (Å²) >= 11 is 0. The topological polar surface area (TPSA) is 53.7 Å². The van der Waals surface area contributed by atoms with Crippen molar-refractivity contribution in [3.8, 4) is 17.2 Å². The molecule has 2 N–H and O–H groups in total. The first-order valence-electron chi connectivity index (χ1n) is 6.36. The lowest BCUT2D eigenvalue weighted by Gasteiger charge is -2.26. The zero-order valence-corrected chi connectivity index (χ0v) is 11.1. The summed E-state index contributed by atoms with van der Waals surface area (Å²) in [6.45, 7) is 1.18. The van der Waals surface area contributed by atoms with Gasteiger partial charge < -0.3 is 19.9 Å². The minimum Gasteiger partial charge on any atom is -0.493 e. The van der Waals surface area contributed by atoms with Gasteiger partial charge in [-0.25, -0.2) is 0 Å². The van der Waals surface area contributed by atoms with Gasteiger partial charge in [0.25, 0.3) is 0 Å². The Kier molecular flexibility index (Phi) is 4.31. The second-order valence-electron chi connectivity index (χ2n) is 4.64. The van der Waals surface area contributed by atoms with E-state index in [9.17, 15) is 0 Å². The van der Waals surface area contributed by atoms with Crippen LogP contribution >= 0.6 is 0 Å². The third-order valence-corrected chi connectivity index (χ3v) is 3.44. The van der Waals surface area contributed by atoms with E-state index >= 15 is 0 Å². The molecule has 0 atom stereocenters. The van der Waals surface area contributed by atoms with Crippen LogP contribution in [0, 0.1) is 5.92 Å². The highest BCUT2D eigenvalue weighted by molar-refractivity contribution is 5.53. The van der Waals surface area contributed by atoms with Gasteiger partial charge >= 0.3 is 0 Å². The van der Waals surface area contributed by atoms with E-state index in [1.807, 2.05) is 12.1 Å². The van der Waals surface area contributed by atoms with Gasteiger partial charge in [-0.2, -0.15) is 0 Å².